The number of pyridine rings is 1. The molecule has 1 rings (SSSR count). The third-order valence-electron chi connectivity index (χ3n) is 1.44. The van der Waals surface area contributed by atoms with Crippen LogP contribution in [-0.4, -0.2) is 22.2 Å². The first-order valence-electron chi connectivity index (χ1n) is 4.16. The predicted octanol–water partition coefficient (Wildman–Crippen LogP) is 1.15. The van der Waals surface area contributed by atoms with Gasteiger partial charge >= 0.3 is 5.97 Å². The van der Waals surface area contributed by atoms with E-state index < -0.39 is 5.97 Å². The molecule has 0 fully saturated rings. The number of nitrogen functional groups attached to an aromatic ring is 1. The molecule has 0 atom stereocenters. The Labute approximate surface area is 81.5 Å². The normalized spacial score (nSPS) is 10.2. The van der Waals surface area contributed by atoms with E-state index in [-0.39, 0.29) is 17.5 Å². The average molecular weight is 196 g/mol. The number of aromatic carboxylic acids is 1. The fourth-order valence-corrected chi connectivity index (χ4v) is 0.964. The monoisotopic (exact) mass is 196 g/mol. The third kappa shape index (κ3) is 2.35. The molecule has 0 saturated carbocycles. The van der Waals surface area contributed by atoms with Gasteiger partial charge in [-0.15, -0.1) is 0 Å². The number of carboxylic acid groups (broad SMARTS) is 1. The molecule has 3 N–H and O–H groups in total. The van der Waals surface area contributed by atoms with Gasteiger partial charge in [-0.25, -0.2) is 9.78 Å². The molecule has 5 nitrogen and oxygen atoms in total. The third-order valence-corrected chi connectivity index (χ3v) is 1.44. The second-order valence-electron chi connectivity index (χ2n) is 3.09. The molecule has 1 aromatic heterocycles. The molecule has 14 heavy (non-hydrogen) atoms. The summed E-state index contributed by atoms with van der Waals surface area (Å²) in [5, 5.41) is 8.79. The van der Waals surface area contributed by atoms with Gasteiger partial charge in [0.25, 0.3) is 0 Å². The number of nitrogens with zero attached hydrogens (tertiary/aromatic N) is 1. The number of nitrogens with two attached hydrogens (primary N) is 1. The minimum atomic E-state index is -1.12. The van der Waals surface area contributed by atoms with Crippen molar-refractivity contribution in [1.82, 2.24) is 4.98 Å². The van der Waals surface area contributed by atoms with Crippen LogP contribution in [0.25, 0.3) is 0 Å². The highest BCUT2D eigenvalue weighted by molar-refractivity contribution is 5.88. The quantitative estimate of drug-likeness (QED) is 0.757. The van der Waals surface area contributed by atoms with Gasteiger partial charge in [0, 0.05) is 6.07 Å². The molecule has 0 aliphatic heterocycles. The Hall–Kier alpha value is -1.78. The van der Waals surface area contributed by atoms with Crippen LogP contribution >= 0.6 is 0 Å². The number of ether oxygens (including phenoxy) is 1. The molecule has 76 valence electrons. The molecular formula is C9H12N2O3. The lowest BCUT2D eigenvalue weighted by Gasteiger charge is -2.11. The Bertz CT molecular complexity index is 350. The van der Waals surface area contributed by atoms with Crippen molar-refractivity contribution in [3.63, 3.8) is 0 Å². The van der Waals surface area contributed by atoms with Crippen LogP contribution in [0, 0.1) is 0 Å². The largest absolute Gasteiger partial charge is 0.488 e. The van der Waals surface area contributed by atoms with Crippen molar-refractivity contribution in [1.29, 1.82) is 0 Å². The summed E-state index contributed by atoms with van der Waals surface area (Å²) in [5.41, 5.74) is 5.73. The SMILES string of the molecule is CC(C)Oc1cc(N)cnc1C(=O)O. The molecule has 1 heterocycles. The number of anilines is 1. The fourth-order valence-electron chi connectivity index (χ4n) is 0.964. The molecule has 5 heteroatoms. The maximum absolute atomic E-state index is 10.7. The standard InChI is InChI=1S/C9H12N2O3/c1-5(2)14-7-3-6(10)4-11-8(7)9(12)13/h3-5H,10H2,1-2H3,(H,12,13). The Morgan fingerprint density at radius 2 is 2.29 bits per heavy atom. The number of aromatic nitrogens is 1. The Morgan fingerprint density at radius 1 is 1.64 bits per heavy atom. The highest BCUT2D eigenvalue weighted by Crippen LogP contribution is 2.20. The lowest BCUT2D eigenvalue weighted by atomic mass is 10.3. The second-order valence-corrected chi connectivity index (χ2v) is 3.09. The molecule has 0 unspecified atom stereocenters. The van der Waals surface area contributed by atoms with Crippen molar-refractivity contribution in [2.24, 2.45) is 0 Å². The number of rotatable bonds is 3. The topological polar surface area (TPSA) is 85.4 Å². The first-order chi connectivity index (χ1) is 6.50. The zero-order chi connectivity index (χ0) is 10.7. The Balaban J connectivity index is 3.09. The first kappa shape index (κ1) is 10.3. The smallest absolute Gasteiger partial charge is 0.358 e. The van der Waals surface area contributed by atoms with Crippen molar-refractivity contribution in [3.05, 3.63) is 18.0 Å². The summed E-state index contributed by atoms with van der Waals surface area (Å²) >= 11 is 0. The molecule has 0 radical (unpaired) electrons. The van der Waals surface area contributed by atoms with E-state index in [0.717, 1.165) is 0 Å². The molecule has 0 saturated heterocycles. The Morgan fingerprint density at radius 3 is 2.79 bits per heavy atom. The van der Waals surface area contributed by atoms with Crippen LogP contribution in [-0.2, 0) is 0 Å². The average Bonchev–Trinajstić information content (AvgIpc) is 2.01. The maximum Gasteiger partial charge on any atom is 0.358 e. The highest BCUT2D eigenvalue weighted by atomic mass is 16.5. The fraction of sp³-hybridized carbons (Fsp3) is 0.333. The van der Waals surface area contributed by atoms with E-state index in [4.69, 9.17) is 15.6 Å². The van der Waals surface area contributed by atoms with Crippen LogP contribution in [0.5, 0.6) is 5.75 Å². The lowest BCUT2D eigenvalue weighted by Crippen LogP contribution is -2.11. The molecule has 0 amide bonds. The van der Waals surface area contributed by atoms with E-state index in [1.807, 2.05) is 0 Å². The van der Waals surface area contributed by atoms with Crippen molar-refractivity contribution in [3.8, 4) is 5.75 Å². The minimum Gasteiger partial charge on any atom is -0.488 e. The van der Waals surface area contributed by atoms with Gasteiger partial charge in [-0.05, 0) is 13.8 Å². The predicted molar refractivity (Wildman–Crippen MR) is 51.4 cm³/mol. The van der Waals surface area contributed by atoms with Gasteiger partial charge < -0.3 is 15.6 Å². The van der Waals surface area contributed by atoms with Crippen LogP contribution in [0.1, 0.15) is 24.3 Å². The van der Waals surface area contributed by atoms with E-state index in [1.165, 1.54) is 12.3 Å². The van der Waals surface area contributed by atoms with Crippen LogP contribution in [0.2, 0.25) is 0 Å². The molecule has 0 aliphatic carbocycles. The van der Waals surface area contributed by atoms with E-state index >= 15 is 0 Å². The van der Waals surface area contributed by atoms with E-state index in [1.54, 1.807) is 13.8 Å². The van der Waals surface area contributed by atoms with E-state index in [2.05, 4.69) is 4.98 Å². The van der Waals surface area contributed by atoms with Crippen LogP contribution in [0.15, 0.2) is 12.3 Å². The molecule has 0 aliphatic rings. The summed E-state index contributed by atoms with van der Waals surface area (Å²) in [6.07, 6.45) is 1.17. The highest BCUT2D eigenvalue weighted by Gasteiger charge is 2.14. The van der Waals surface area contributed by atoms with Crippen molar-refractivity contribution < 1.29 is 14.6 Å². The molecular weight excluding hydrogens is 184 g/mol. The summed E-state index contributed by atoms with van der Waals surface area (Å²) in [5.74, 6) is -0.923. The van der Waals surface area contributed by atoms with Gasteiger partial charge in [0.05, 0.1) is 18.0 Å². The zero-order valence-corrected chi connectivity index (χ0v) is 8.02. The van der Waals surface area contributed by atoms with Crippen LogP contribution in [0.4, 0.5) is 5.69 Å². The second kappa shape index (κ2) is 3.95. The lowest BCUT2D eigenvalue weighted by molar-refractivity contribution is 0.0683. The summed E-state index contributed by atoms with van der Waals surface area (Å²) in [7, 11) is 0. The van der Waals surface area contributed by atoms with Crippen LogP contribution in [0.3, 0.4) is 0 Å². The van der Waals surface area contributed by atoms with Gasteiger partial charge in [-0.2, -0.15) is 0 Å². The minimum absolute atomic E-state index is 0.114. The van der Waals surface area contributed by atoms with Gasteiger partial charge in [0.15, 0.2) is 11.4 Å². The summed E-state index contributed by atoms with van der Waals surface area (Å²) < 4.78 is 5.26. The maximum atomic E-state index is 10.7. The summed E-state index contributed by atoms with van der Waals surface area (Å²) in [4.78, 5) is 14.4. The number of hydrogen-bond acceptors (Lipinski definition) is 4. The van der Waals surface area contributed by atoms with E-state index in [0.29, 0.717) is 5.69 Å². The first-order valence-corrected chi connectivity index (χ1v) is 4.16. The molecule has 0 bridgehead atoms. The van der Waals surface area contributed by atoms with Crippen LogP contribution < -0.4 is 10.5 Å². The van der Waals surface area contributed by atoms with Gasteiger partial charge in [-0.3, -0.25) is 0 Å². The summed E-state index contributed by atoms with van der Waals surface area (Å²) in [6.45, 7) is 3.60. The molecule has 0 aromatic carbocycles. The zero-order valence-electron chi connectivity index (χ0n) is 8.02. The molecule has 1 aromatic rings. The Kier molecular flexibility index (Phi) is 2.91. The van der Waals surface area contributed by atoms with Crippen molar-refractivity contribution in [2.75, 3.05) is 5.73 Å². The molecule has 0 spiro atoms. The number of carbonyl (C=O) groups is 1. The van der Waals surface area contributed by atoms with Crippen molar-refractivity contribution in [2.45, 2.75) is 20.0 Å². The van der Waals surface area contributed by atoms with Gasteiger partial charge in [0.2, 0.25) is 0 Å². The van der Waals surface area contributed by atoms with Gasteiger partial charge in [0.1, 0.15) is 0 Å². The van der Waals surface area contributed by atoms with E-state index in [9.17, 15) is 4.79 Å². The number of carboxylic acids is 1. The summed E-state index contributed by atoms with van der Waals surface area (Å²) in [6, 6.07) is 1.45. The number of hydrogen-bond donors (Lipinski definition) is 2. The van der Waals surface area contributed by atoms with Crippen molar-refractivity contribution >= 4 is 11.7 Å². The van der Waals surface area contributed by atoms with Gasteiger partial charge in [-0.1, -0.05) is 0 Å².